The highest BCUT2D eigenvalue weighted by atomic mass is 32.1. The number of nitrogens with zero attached hydrogens (tertiary/aromatic N) is 1. The van der Waals surface area contributed by atoms with E-state index in [-0.39, 0.29) is 18.6 Å². The Bertz CT molecular complexity index is 908. The summed E-state index contributed by atoms with van der Waals surface area (Å²) in [4.78, 5) is 55.0. The van der Waals surface area contributed by atoms with Crippen LogP contribution in [0.4, 0.5) is 0 Å². The molecule has 0 saturated carbocycles. The molecule has 3 atom stereocenters. The van der Waals surface area contributed by atoms with Gasteiger partial charge in [-0.2, -0.15) is 12.6 Å². The molecule has 7 N–H and O–H groups in total. The first-order valence-corrected chi connectivity index (χ1v) is 10.4. The molecule has 1 aromatic heterocycles. The molecule has 0 fully saturated rings. The number of imidazole rings is 1. The summed E-state index contributed by atoms with van der Waals surface area (Å²) in [6.45, 7) is -0.461. The maximum atomic E-state index is 12.7. The van der Waals surface area contributed by atoms with Gasteiger partial charge in [0.1, 0.15) is 12.1 Å². The molecule has 172 valence electrons. The van der Waals surface area contributed by atoms with Crippen LogP contribution >= 0.6 is 12.6 Å². The number of thiol groups is 1. The van der Waals surface area contributed by atoms with E-state index in [0.29, 0.717) is 5.69 Å². The van der Waals surface area contributed by atoms with Crippen LogP contribution in [0.25, 0.3) is 0 Å². The third kappa shape index (κ3) is 8.04. The molecule has 0 aliphatic heterocycles. The number of H-pyrrole nitrogens is 1. The van der Waals surface area contributed by atoms with Gasteiger partial charge < -0.3 is 31.8 Å². The average Bonchev–Trinajstić information content (AvgIpc) is 3.28. The van der Waals surface area contributed by atoms with Crippen molar-refractivity contribution < 1.29 is 24.3 Å². The molecule has 1 heterocycles. The number of carboxylic acids is 1. The Kier molecular flexibility index (Phi) is 9.70. The fourth-order valence-corrected chi connectivity index (χ4v) is 3.03. The first-order valence-electron chi connectivity index (χ1n) is 9.78. The predicted molar refractivity (Wildman–Crippen MR) is 119 cm³/mol. The highest BCUT2D eigenvalue weighted by molar-refractivity contribution is 7.80. The Hall–Kier alpha value is -3.38. The summed E-state index contributed by atoms with van der Waals surface area (Å²) in [5.41, 5.74) is 7.42. The van der Waals surface area contributed by atoms with E-state index in [1.807, 2.05) is 6.07 Å². The highest BCUT2D eigenvalue weighted by Gasteiger charge is 2.25. The number of aliphatic carboxylic acids is 1. The SMILES string of the molecule is NC(Cc1cnc[nH]1)C(=O)NC(Cc1ccccc1)C(=O)NCC(=O)NC(CS)C(=O)O. The lowest BCUT2D eigenvalue weighted by Crippen LogP contribution is -2.54. The summed E-state index contributed by atoms with van der Waals surface area (Å²) in [7, 11) is 0. The normalized spacial score (nSPS) is 13.4. The van der Waals surface area contributed by atoms with Crippen LogP contribution in [-0.2, 0) is 32.0 Å². The van der Waals surface area contributed by atoms with Crippen LogP contribution in [0.2, 0.25) is 0 Å². The molecule has 3 unspecified atom stereocenters. The predicted octanol–water partition coefficient (Wildman–Crippen LogP) is -1.38. The smallest absolute Gasteiger partial charge is 0.327 e. The lowest BCUT2D eigenvalue weighted by atomic mass is 10.0. The van der Waals surface area contributed by atoms with Crippen LogP contribution in [0.3, 0.4) is 0 Å². The third-order valence-electron chi connectivity index (χ3n) is 4.49. The minimum atomic E-state index is -1.24. The van der Waals surface area contributed by atoms with Gasteiger partial charge in [-0.3, -0.25) is 14.4 Å². The van der Waals surface area contributed by atoms with Gasteiger partial charge in [0.2, 0.25) is 17.7 Å². The van der Waals surface area contributed by atoms with Gasteiger partial charge >= 0.3 is 5.97 Å². The lowest BCUT2D eigenvalue weighted by molar-refractivity contribution is -0.141. The Balaban J connectivity index is 2.00. The van der Waals surface area contributed by atoms with Gasteiger partial charge in [0.05, 0.1) is 18.9 Å². The molecule has 0 bridgehead atoms. The van der Waals surface area contributed by atoms with E-state index >= 15 is 0 Å². The largest absolute Gasteiger partial charge is 0.480 e. The summed E-state index contributed by atoms with van der Waals surface area (Å²) < 4.78 is 0. The van der Waals surface area contributed by atoms with Crippen molar-refractivity contribution in [3.8, 4) is 0 Å². The number of carbonyl (C=O) groups is 4. The van der Waals surface area contributed by atoms with Crippen molar-refractivity contribution in [2.45, 2.75) is 31.0 Å². The molecule has 0 saturated heterocycles. The molecule has 1 aromatic carbocycles. The van der Waals surface area contributed by atoms with Crippen LogP contribution in [0.15, 0.2) is 42.9 Å². The quantitative estimate of drug-likeness (QED) is 0.190. The number of nitrogens with one attached hydrogen (secondary N) is 4. The second kappa shape index (κ2) is 12.5. The second-order valence-electron chi connectivity index (χ2n) is 7.00. The molecule has 32 heavy (non-hydrogen) atoms. The summed E-state index contributed by atoms with van der Waals surface area (Å²) in [6, 6.07) is 5.93. The minimum Gasteiger partial charge on any atom is -0.480 e. The zero-order chi connectivity index (χ0) is 23.5. The number of hydrogen-bond donors (Lipinski definition) is 7. The second-order valence-corrected chi connectivity index (χ2v) is 7.36. The van der Waals surface area contributed by atoms with Crippen LogP contribution in [0.5, 0.6) is 0 Å². The first-order chi connectivity index (χ1) is 15.3. The number of carboxylic acid groups (broad SMARTS) is 1. The summed E-state index contributed by atoms with van der Waals surface area (Å²) in [6.07, 6.45) is 3.40. The lowest BCUT2D eigenvalue weighted by Gasteiger charge is -2.21. The number of rotatable bonds is 12. The number of benzene rings is 1. The van der Waals surface area contributed by atoms with Crippen LogP contribution < -0.4 is 21.7 Å². The van der Waals surface area contributed by atoms with E-state index in [0.717, 1.165) is 5.56 Å². The Morgan fingerprint density at radius 3 is 2.38 bits per heavy atom. The Morgan fingerprint density at radius 1 is 1.06 bits per heavy atom. The maximum absolute atomic E-state index is 12.7. The molecule has 2 aromatic rings. The zero-order valence-electron chi connectivity index (χ0n) is 17.2. The van der Waals surface area contributed by atoms with Crippen molar-refractivity contribution in [2.24, 2.45) is 5.73 Å². The number of aromatic nitrogens is 2. The molecular weight excluding hydrogens is 436 g/mol. The molecule has 0 radical (unpaired) electrons. The fourth-order valence-electron chi connectivity index (χ4n) is 2.79. The van der Waals surface area contributed by atoms with Crippen molar-refractivity contribution >= 4 is 36.3 Å². The average molecular weight is 463 g/mol. The van der Waals surface area contributed by atoms with Gasteiger partial charge in [-0.05, 0) is 5.56 Å². The van der Waals surface area contributed by atoms with Gasteiger partial charge in [0.25, 0.3) is 0 Å². The number of nitrogens with two attached hydrogens (primary N) is 1. The topological polar surface area (TPSA) is 179 Å². The molecule has 12 heteroatoms. The van der Waals surface area contributed by atoms with Gasteiger partial charge in [0, 0.05) is 30.5 Å². The third-order valence-corrected chi connectivity index (χ3v) is 4.85. The van der Waals surface area contributed by atoms with Crippen molar-refractivity contribution in [1.82, 2.24) is 25.9 Å². The van der Waals surface area contributed by atoms with E-state index in [2.05, 4.69) is 38.5 Å². The van der Waals surface area contributed by atoms with E-state index in [9.17, 15) is 19.2 Å². The zero-order valence-corrected chi connectivity index (χ0v) is 18.0. The van der Waals surface area contributed by atoms with Crippen LogP contribution in [-0.4, -0.2) is 69.2 Å². The summed E-state index contributed by atoms with van der Waals surface area (Å²) in [5.74, 6) is -3.18. The summed E-state index contributed by atoms with van der Waals surface area (Å²) >= 11 is 3.87. The summed E-state index contributed by atoms with van der Waals surface area (Å²) in [5, 5.41) is 16.3. The van der Waals surface area contributed by atoms with Crippen LogP contribution in [0.1, 0.15) is 11.3 Å². The van der Waals surface area contributed by atoms with Gasteiger partial charge in [0.15, 0.2) is 0 Å². The van der Waals surface area contributed by atoms with Gasteiger partial charge in [-0.25, -0.2) is 9.78 Å². The molecule has 3 amide bonds. The minimum absolute atomic E-state index is 0.101. The molecular formula is C20H26N6O5S. The molecule has 2 rings (SSSR count). The van der Waals surface area contributed by atoms with E-state index in [1.54, 1.807) is 30.5 Å². The van der Waals surface area contributed by atoms with Crippen molar-refractivity contribution in [1.29, 1.82) is 0 Å². The van der Waals surface area contributed by atoms with E-state index in [4.69, 9.17) is 10.8 Å². The number of carbonyl (C=O) groups excluding carboxylic acids is 3. The Labute approximate surface area is 190 Å². The fraction of sp³-hybridized carbons (Fsp3) is 0.350. The molecule has 0 aliphatic rings. The monoisotopic (exact) mass is 462 g/mol. The maximum Gasteiger partial charge on any atom is 0.327 e. The van der Waals surface area contributed by atoms with Crippen molar-refractivity contribution in [3.63, 3.8) is 0 Å². The van der Waals surface area contributed by atoms with Crippen LogP contribution in [0, 0.1) is 0 Å². The van der Waals surface area contributed by atoms with Gasteiger partial charge in [-0.1, -0.05) is 30.3 Å². The number of amides is 3. The van der Waals surface area contributed by atoms with E-state index < -0.39 is 48.4 Å². The highest BCUT2D eigenvalue weighted by Crippen LogP contribution is 2.05. The number of hydrogen-bond acceptors (Lipinski definition) is 7. The Morgan fingerprint density at radius 2 is 1.78 bits per heavy atom. The van der Waals surface area contributed by atoms with E-state index in [1.165, 1.54) is 6.33 Å². The molecule has 0 aliphatic carbocycles. The van der Waals surface area contributed by atoms with Crippen molar-refractivity contribution in [2.75, 3.05) is 12.3 Å². The number of aromatic amines is 1. The standard InChI is InChI=1S/C20H26N6O5S/c21-14(7-13-8-22-11-24-13)18(28)26-15(6-12-4-2-1-3-5-12)19(29)23-9-17(27)25-16(10-32)20(30)31/h1-5,8,11,14-16,32H,6-7,9-10,21H2,(H,22,24)(H,23,29)(H,25,27)(H,26,28)(H,30,31). The van der Waals surface area contributed by atoms with Gasteiger partial charge in [-0.15, -0.1) is 0 Å². The first kappa shape index (κ1) is 24.9. The molecule has 11 nitrogen and oxygen atoms in total. The van der Waals surface area contributed by atoms with Crippen molar-refractivity contribution in [3.05, 3.63) is 54.1 Å². The molecule has 0 spiro atoms.